The van der Waals surface area contributed by atoms with Gasteiger partial charge in [0.15, 0.2) is 12.4 Å². The number of rotatable bonds is 15. The van der Waals surface area contributed by atoms with Gasteiger partial charge in [0.1, 0.15) is 18.3 Å². The number of carbonyl (C=O) groups excluding carboxylic acids is 1. The predicted octanol–water partition coefficient (Wildman–Crippen LogP) is -2.79. The molecular formula is C6H17O21P5. The average molecular weight is 580 g/mol. The fourth-order valence-electron chi connectivity index (χ4n) is 1.82. The normalized spacial score (nSPS) is 18.1. The summed E-state index contributed by atoms with van der Waals surface area (Å²) in [4.78, 5) is 100. The van der Waals surface area contributed by atoms with Crippen molar-refractivity contribution < 1.29 is 99.2 Å². The number of aldehydes is 1. The molecule has 0 aromatic heterocycles. The van der Waals surface area contributed by atoms with E-state index < -0.39 is 76.4 Å². The van der Waals surface area contributed by atoms with E-state index in [1.54, 1.807) is 0 Å². The number of hydrogen-bond acceptors (Lipinski definition) is 11. The number of phosphoric acid groups is 5. The van der Waals surface area contributed by atoms with Crippen LogP contribution < -0.4 is 0 Å². The maximum absolute atomic E-state index is 11.3. The Morgan fingerprint density at radius 3 is 1.25 bits per heavy atom. The predicted molar refractivity (Wildman–Crippen MR) is 91.7 cm³/mol. The Kier molecular flexibility index (Phi) is 11.8. The lowest BCUT2D eigenvalue weighted by molar-refractivity contribution is -0.130. The highest BCUT2D eigenvalue weighted by Gasteiger charge is 2.48. The Balaban J connectivity index is 6.67. The van der Waals surface area contributed by atoms with Gasteiger partial charge in [-0.2, -0.15) is 0 Å². The van der Waals surface area contributed by atoms with Crippen LogP contribution >= 0.6 is 39.1 Å². The minimum atomic E-state index is -5.91. The summed E-state index contributed by atoms with van der Waals surface area (Å²) >= 11 is 0. The van der Waals surface area contributed by atoms with Crippen LogP contribution in [-0.2, 0) is 50.2 Å². The highest BCUT2D eigenvalue weighted by atomic mass is 31.2. The highest BCUT2D eigenvalue weighted by Crippen LogP contribution is 2.50. The third-order valence-corrected chi connectivity index (χ3v) is 5.19. The Morgan fingerprint density at radius 1 is 0.562 bits per heavy atom. The van der Waals surface area contributed by atoms with Crippen molar-refractivity contribution in [2.24, 2.45) is 0 Å². The van der Waals surface area contributed by atoms with Gasteiger partial charge >= 0.3 is 39.1 Å². The van der Waals surface area contributed by atoms with E-state index in [2.05, 4.69) is 22.6 Å². The van der Waals surface area contributed by atoms with E-state index in [0.717, 1.165) is 0 Å². The summed E-state index contributed by atoms with van der Waals surface area (Å²) in [7, 11) is -28.8. The standard InChI is InChI=1S/C6H17O21P5/c7-1-3(24-29(11,12)13)5(26-31(17,18)19)6(27-32(20,21)22)4(25-30(14,15)16)2-23-28(8,9)10/h1,3-6H,2H2,(H2,8,9,10)(H2,11,12,13)(H2,14,15,16)(H2,17,18,19)(H2,20,21,22). The Morgan fingerprint density at radius 2 is 0.938 bits per heavy atom. The molecule has 0 aromatic carbocycles. The van der Waals surface area contributed by atoms with Gasteiger partial charge in [-0.1, -0.05) is 0 Å². The molecule has 21 nitrogen and oxygen atoms in total. The summed E-state index contributed by atoms with van der Waals surface area (Å²) in [6.07, 6.45) is -12.5. The molecule has 192 valence electrons. The molecule has 0 aromatic rings. The molecule has 0 amide bonds. The molecule has 32 heavy (non-hydrogen) atoms. The Hall–Kier alpha value is 0.220. The molecule has 0 radical (unpaired) electrons. The summed E-state index contributed by atoms with van der Waals surface area (Å²) in [5.74, 6) is 0. The van der Waals surface area contributed by atoms with Crippen LogP contribution in [0.1, 0.15) is 0 Å². The van der Waals surface area contributed by atoms with Crippen molar-refractivity contribution in [3.8, 4) is 0 Å². The number of carbonyl (C=O) groups is 1. The summed E-state index contributed by atoms with van der Waals surface area (Å²) in [6, 6.07) is 0. The van der Waals surface area contributed by atoms with Gasteiger partial charge in [-0.15, -0.1) is 0 Å². The third-order valence-electron chi connectivity index (χ3n) is 2.60. The largest absolute Gasteiger partial charge is 0.470 e. The average Bonchev–Trinajstić information content (AvgIpc) is 2.48. The fourth-order valence-corrected chi connectivity index (χ4v) is 4.31. The van der Waals surface area contributed by atoms with Crippen molar-refractivity contribution in [1.82, 2.24) is 0 Å². The smallest absolute Gasteiger partial charge is 0.303 e. The van der Waals surface area contributed by atoms with Gasteiger partial charge in [0.05, 0.1) is 6.61 Å². The van der Waals surface area contributed by atoms with Crippen LogP contribution in [0, 0.1) is 0 Å². The van der Waals surface area contributed by atoms with Crippen molar-refractivity contribution in [1.29, 1.82) is 0 Å². The van der Waals surface area contributed by atoms with E-state index in [4.69, 9.17) is 48.9 Å². The van der Waals surface area contributed by atoms with E-state index in [1.165, 1.54) is 0 Å². The fraction of sp³-hybridized carbons (Fsp3) is 0.833. The van der Waals surface area contributed by atoms with E-state index in [9.17, 15) is 27.6 Å². The van der Waals surface area contributed by atoms with Crippen molar-refractivity contribution >= 4 is 45.4 Å². The van der Waals surface area contributed by atoms with Gasteiger partial charge in [-0.05, 0) is 0 Å². The molecule has 0 aliphatic carbocycles. The molecule has 4 atom stereocenters. The van der Waals surface area contributed by atoms with Crippen LogP contribution in [0.15, 0.2) is 0 Å². The van der Waals surface area contributed by atoms with Crippen molar-refractivity contribution in [3.63, 3.8) is 0 Å². The first kappa shape index (κ1) is 32.2. The monoisotopic (exact) mass is 580 g/mol. The third kappa shape index (κ3) is 16.0. The van der Waals surface area contributed by atoms with Crippen LogP contribution in [0.3, 0.4) is 0 Å². The molecule has 0 saturated carbocycles. The Labute approximate surface area is 176 Å². The molecule has 0 saturated heterocycles. The highest BCUT2D eigenvalue weighted by molar-refractivity contribution is 7.47. The summed E-state index contributed by atoms with van der Waals surface area (Å²) in [6.45, 7) is -1.76. The van der Waals surface area contributed by atoms with Gasteiger partial charge in [-0.3, -0.25) is 22.6 Å². The lowest BCUT2D eigenvalue weighted by Crippen LogP contribution is -2.50. The SMILES string of the molecule is O=CC(OP(=O)(O)O)C(OP(=O)(O)O)C(OP(=O)(O)O)C(COP(=O)(O)O)OP(=O)(O)O. The zero-order chi connectivity index (χ0) is 25.8. The zero-order valence-corrected chi connectivity index (χ0v) is 19.3. The van der Waals surface area contributed by atoms with Crippen molar-refractivity contribution in [2.75, 3.05) is 6.61 Å². The first-order chi connectivity index (χ1) is 13.9. The van der Waals surface area contributed by atoms with Crippen LogP contribution in [0.2, 0.25) is 0 Å². The van der Waals surface area contributed by atoms with Crippen molar-refractivity contribution in [2.45, 2.75) is 24.4 Å². The van der Waals surface area contributed by atoms with E-state index in [0.29, 0.717) is 0 Å². The maximum atomic E-state index is 11.3. The van der Waals surface area contributed by atoms with E-state index in [1.807, 2.05) is 0 Å². The second kappa shape index (κ2) is 11.8. The molecule has 0 spiro atoms. The Bertz CT molecular complexity index is 852. The lowest BCUT2D eigenvalue weighted by atomic mass is 10.0. The van der Waals surface area contributed by atoms with Gasteiger partial charge in [-0.25, -0.2) is 22.8 Å². The zero-order valence-electron chi connectivity index (χ0n) is 14.8. The quantitative estimate of drug-likeness (QED) is 0.0690. The number of phosphoric ester groups is 5. The van der Waals surface area contributed by atoms with Crippen LogP contribution in [0.5, 0.6) is 0 Å². The molecule has 0 heterocycles. The second-order valence-corrected chi connectivity index (χ2v) is 11.2. The summed E-state index contributed by atoms with van der Waals surface area (Å²) in [5.41, 5.74) is 0. The topological polar surface area (TPSA) is 351 Å². The maximum Gasteiger partial charge on any atom is 0.470 e. The van der Waals surface area contributed by atoms with E-state index >= 15 is 0 Å². The van der Waals surface area contributed by atoms with Crippen LogP contribution in [-0.4, -0.2) is 86.2 Å². The van der Waals surface area contributed by atoms with Gasteiger partial charge < -0.3 is 53.7 Å². The summed E-state index contributed by atoms with van der Waals surface area (Å²) in [5, 5.41) is 0. The molecule has 0 rings (SSSR count). The first-order valence-corrected chi connectivity index (χ1v) is 14.7. The van der Waals surface area contributed by atoms with Gasteiger partial charge in [0.2, 0.25) is 0 Å². The molecule has 0 aliphatic rings. The molecular weight excluding hydrogens is 563 g/mol. The molecule has 0 aliphatic heterocycles. The van der Waals surface area contributed by atoms with Crippen molar-refractivity contribution in [3.05, 3.63) is 0 Å². The van der Waals surface area contributed by atoms with Crippen LogP contribution in [0.4, 0.5) is 0 Å². The molecule has 0 bridgehead atoms. The minimum Gasteiger partial charge on any atom is -0.303 e. The molecule has 0 fully saturated rings. The van der Waals surface area contributed by atoms with Gasteiger partial charge in [0.25, 0.3) is 0 Å². The minimum absolute atomic E-state index is 0.631. The second-order valence-electron chi connectivity index (χ2n) is 5.24. The number of hydrogen-bond donors (Lipinski definition) is 10. The molecule has 10 N–H and O–H groups in total. The summed E-state index contributed by atoms with van der Waals surface area (Å²) < 4.78 is 75.3. The van der Waals surface area contributed by atoms with E-state index in [-0.39, 0.29) is 0 Å². The lowest BCUT2D eigenvalue weighted by Gasteiger charge is -2.34. The first-order valence-electron chi connectivity index (χ1n) is 7.03. The molecule has 26 heteroatoms. The van der Waals surface area contributed by atoms with Gasteiger partial charge in [0, 0.05) is 0 Å². The molecule has 4 unspecified atom stereocenters. The van der Waals surface area contributed by atoms with Crippen LogP contribution in [0.25, 0.3) is 0 Å².